The van der Waals surface area contributed by atoms with Crippen molar-refractivity contribution >= 4 is 11.8 Å². The molecule has 0 aromatic heterocycles. The van der Waals surface area contributed by atoms with E-state index in [2.05, 4.69) is 25.8 Å². The number of aliphatic imine (C=N–C) groups is 1. The van der Waals surface area contributed by atoms with Crippen LogP contribution in [-0.2, 0) is 4.79 Å². The number of ether oxygens (including phenoxy) is 3. The standard InChI is InChI=1S/C37H65NO4/c1-4-7-10-13-16-19-22-25-28-40-35-31-34(38-33-39)32-36(41-29-26-23-20-17-14-11-8-5-2)37(35)42-30-27-24-21-18-15-12-9-6-3/h31-32H,4-30H2,1-3H3. The zero-order valence-corrected chi connectivity index (χ0v) is 27.8. The molecule has 0 aliphatic carbocycles. The Bertz CT molecular complexity index is 747. The zero-order chi connectivity index (χ0) is 30.4. The Kier molecular flexibility index (Phi) is 26.3. The molecule has 1 aromatic rings. The van der Waals surface area contributed by atoms with Crippen molar-refractivity contribution < 1.29 is 19.0 Å². The quantitative estimate of drug-likeness (QED) is 0.0492. The van der Waals surface area contributed by atoms with Gasteiger partial charge in [-0.1, -0.05) is 156 Å². The lowest BCUT2D eigenvalue weighted by atomic mass is 10.1. The maximum atomic E-state index is 11.1. The molecule has 5 nitrogen and oxygen atoms in total. The minimum Gasteiger partial charge on any atom is -0.489 e. The lowest BCUT2D eigenvalue weighted by Gasteiger charge is -2.18. The molecule has 0 fully saturated rings. The summed E-state index contributed by atoms with van der Waals surface area (Å²) in [5.74, 6) is 1.90. The van der Waals surface area contributed by atoms with Crippen LogP contribution in [0.3, 0.4) is 0 Å². The molecule has 1 rings (SSSR count). The fourth-order valence-electron chi connectivity index (χ4n) is 5.28. The summed E-state index contributed by atoms with van der Waals surface area (Å²) >= 11 is 0. The number of hydrogen-bond acceptors (Lipinski definition) is 5. The number of nitrogens with zero attached hydrogens (tertiary/aromatic N) is 1. The summed E-state index contributed by atoms with van der Waals surface area (Å²) in [6, 6.07) is 3.59. The van der Waals surface area contributed by atoms with Crippen molar-refractivity contribution in [3.05, 3.63) is 12.1 Å². The first-order valence-corrected chi connectivity index (χ1v) is 17.9. The van der Waals surface area contributed by atoms with Crippen LogP contribution in [0.2, 0.25) is 0 Å². The second-order valence-electron chi connectivity index (χ2n) is 11.9. The molecule has 0 saturated heterocycles. The van der Waals surface area contributed by atoms with Gasteiger partial charge in [-0.05, 0) is 19.3 Å². The fraction of sp³-hybridized carbons (Fsp3) is 0.811. The summed E-state index contributed by atoms with van der Waals surface area (Å²) in [5.41, 5.74) is 0.501. The molecule has 1 aromatic carbocycles. The van der Waals surface area contributed by atoms with E-state index in [1.165, 1.54) is 122 Å². The third kappa shape index (κ3) is 20.8. The van der Waals surface area contributed by atoms with Gasteiger partial charge >= 0.3 is 0 Å². The van der Waals surface area contributed by atoms with E-state index in [1.807, 2.05) is 0 Å². The van der Waals surface area contributed by atoms with Crippen molar-refractivity contribution in [2.75, 3.05) is 19.8 Å². The van der Waals surface area contributed by atoms with E-state index >= 15 is 0 Å². The van der Waals surface area contributed by atoms with Crippen molar-refractivity contribution in [3.63, 3.8) is 0 Å². The van der Waals surface area contributed by atoms with Crippen LogP contribution < -0.4 is 14.2 Å². The summed E-state index contributed by atoms with van der Waals surface area (Å²) in [4.78, 5) is 15.0. The van der Waals surface area contributed by atoms with Gasteiger partial charge in [-0.25, -0.2) is 4.79 Å². The molecule has 0 unspecified atom stereocenters. The van der Waals surface area contributed by atoms with Crippen LogP contribution in [0.4, 0.5) is 5.69 Å². The second kappa shape index (κ2) is 29.1. The summed E-state index contributed by atoms with van der Waals surface area (Å²) in [6.07, 6.45) is 31.8. The second-order valence-corrected chi connectivity index (χ2v) is 11.9. The van der Waals surface area contributed by atoms with Gasteiger partial charge in [0, 0.05) is 12.1 Å². The highest BCUT2D eigenvalue weighted by Gasteiger charge is 2.16. The van der Waals surface area contributed by atoms with E-state index in [0.29, 0.717) is 42.8 Å². The third-order valence-electron chi connectivity index (χ3n) is 7.94. The highest BCUT2D eigenvalue weighted by atomic mass is 16.5. The average Bonchev–Trinajstić information content (AvgIpc) is 2.99. The van der Waals surface area contributed by atoms with Crippen LogP contribution in [0.1, 0.15) is 175 Å². The summed E-state index contributed by atoms with van der Waals surface area (Å²) in [6.45, 7) is 8.65. The molecule has 0 radical (unpaired) electrons. The smallest absolute Gasteiger partial charge is 0.240 e. The predicted octanol–water partition coefficient (Wildman–Crippen LogP) is 12.2. The van der Waals surface area contributed by atoms with Gasteiger partial charge in [0.05, 0.1) is 25.5 Å². The van der Waals surface area contributed by atoms with Crippen LogP contribution in [0.15, 0.2) is 17.1 Å². The Morgan fingerprint density at radius 2 is 0.786 bits per heavy atom. The van der Waals surface area contributed by atoms with Crippen LogP contribution in [0.5, 0.6) is 17.2 Å². The summed E-state index contributed by atoms with van der Waals surface area (Å²) in [5, 5.41) is 0. The number of benzene rings is 1. The molecule has 0 atom stereocenters. The molecule has 242 valence electrons. The molecule has 0 spiro atoms. The Morgan fingerprint density at radius 1 is 0.476 bits per heavy atom. The normalized spacial score (nSPS) is 10.9. The van der Waals surface area contributed by atoms with E-state index in [0.717, 1.165) is 32.1 Å². The molecule has 0 bridgehead atoms. The van der Waals surface area contributed by atoms with Gasteiger partial charge in [-0.2, -0.15) is 4.99 Å². The van der Waals surface area contributed by atoms with E-state index < -0.39 is 0 Å². The zero-order valence-electron chi connectivity index (χ0n) is 27.8. The summed E-state index contributed by atoms with van der Waals surface area (Å²) in [7, 11) is 0. The molecule has 42 heavy (non-hydrogen) atoms. The number of isocyanates is 1. The van der Waals surface area contributed by atoms with Crippen LogP contribution >= 0.6 is 0 Å². The number of unbranched alkanes of at least 4 members (excludes halogenated alkanes) is 21. The largest absolute Gasteiger partial charge is 0.489 e. The van der Waals surface area contributed by atoms with E-state index in [9.17, 15) is 4.79 Å². The van der Waals surface area contributed by atoms with Gasteiger partial charge in [0.15, 0.2) is 11.5 Å². The lowest BCUT2D eigenvalue weighted by molar-refractivity contribution is 0.234. The topological polar surface area (TPSA) is 57.1 Å². The molecule has 0 amide bonds. The first-order valence-electron chi connectivity index (χ1n) is 17.9. The van der Waals surface area contributed by atoms with Crippen LogP contribution in [-0.4, -0.2) is 25.9 Å². The van der Waals surface area contributed by atoms with Crippen molar-refractivity contribution in [1.29, 1.82) is 0 Å². The predicted molar refractivity (Wildman–Crippen MR) is 179 cm³/mol. The maximum Gasteiger partial charge on any atom is 0.240 e. The van der Waals surface area contributed by atoms with Gasteiger partial charge in [0.2, 0.25) is 11.8 Å². The minimum absolute atomic E-state index is 0.501. The fourth-order valence-corrected chi connectivity index (χ4v) is 5.28. The molecule has 0 heterocycles. The van der Waals surface area contributed by atoms with Crippen LogP contribution in [0, 0.1) is 0 Å². The van der Waals surface area contributed by atoms with Crippen molar-refractivity contribution in [2.24, 2.45) is 4.99 Å². The maximum absolute atomic E-state index is 11.1. The molecular weight excluding hydrogens is 522 g/mol. The Hall–Kier alpha value is -2.00. The highest BCUT2D eigenvalue weighted by molar-refractivity contribution is 5.62. The molecule has 0 aliphatic heterocycles. The monoisotopic (exact) mass is 587 g/mol. The SMILES string of the molecule is CCCCCCCCCCOc1cc(N=C=O)cc(OCCCCCCCCCC)c1OCCCCCCCCCC. The minimum atomic E-state index is 0.501. The lowest BCUT2D eigenvalue weighted by Crippen LogP contribution is -2.06. The molecule has 0 saturated carbocycles. The van der Waals surface area contributed by atoms with Gasteiger partial charge in [0.25, 0.3) is 0 Å². The average molecular weight is 588 g/mol. The van der Waals surface area contributed by atoms with E-state index in [4.69, 9.17) is 14.2 Å². The van der Waals surface area contributed by atoms with Crippen molar-refractivity contribution in [2.45, 2.75) is 175 Å². The first-order chi connectivity index (χ1) is 20.8. The Morgan fingerprint density at radius 3 is 1.12 bits per heavy atom. The molecule has 0 N–H and O–H groups in total. The third-order valence-corrected chi connectivity index (χ3v) is 7.94. The van der Waals surface area contributed by atoms with Gasteiger partial charge in [-0.15, -0.1) is 0 Å². The van der Waals surface area contributed by atoms with E-state index in [-0.39, 0.29) is 0 Å². The summed E-state index contributed by atoms with van der Waals surface area (Å²) < 4.78 is 18.8. The van der Waals surface area contributed by atoms with Gasteiger partial charge < -0.3 is 14.2 Å². The number of carbonyl (C=O) groups excluding carboxylic acids is 1. The Balaban J connectivity index is 2.69. The number of hydrogen-bond donors (Lipinski definition) is 0. The van der Waals surface area contributed by atoms with Gasteiger partial charge in [-0.3, -0.25) is 0 Å². The Labute approximate surface area is 259 Å². The van der Waals surface area contributed by atoms with Crippen LogP contribution in [0.25, 0.3) is 0 Å². The van der Waals surface area contributed by atoms with Crippen molar-refractivity contribution in [1.82, 2.24) is 0 Å². The molecule has 0 aliphatic rings. The van der Waals surface area contributed by atoms with Gasteiger partial charge in [0.1, 0.15) is 0 Å². The highest BCUT2D eigenvalue weighted by Crippen LogP contribution is 2.42. The first kappa shape index (κ1) is 38.0. The molecular formula is C37H65NO4. The van der Waals surface area contributed by atoms with E-state index in [1.54, 1.807) is 18.2 Å². The van der Waals surface area contributed by atoms with Crippen molar-refractivity contribution in [3.8, 4) is 17.2 Å². The number of rotatable bonds is 31. The molecule has 5 heteroatoms.